The molecule has 0 bridgehead atoms. The highest BCUT2D eigenvalue weighted by Crippen LogP contribution is 2.29. The van der Waals surface area contributed by atoms with Gasteiger partial charge in [-0.05, 0) is 43.6 Å². The van der Waals surface area contributed by atoms with Gasteiger partial charge in [-0.2, -0.15) is 4.37 Å². The smallest absolute Gasteiger partial charge is 0.343 e. The Balaban J connectivity index is 2.28. The average Bonchev–Trinajstić information content (AvgIpc) is 2.71. The lowest BCUT2D eigenvalue weighted by atomic mass is 10.2. The number of rotatable bonds is 4. The van der Waals surface area contributed by atoms with Gasteiger partial charge in [-0.1, -0.05) is 22.0 Å². The van der Waals surface area contributed by atoms with Crippen molar-refractivity contribution in [2.24, 2.45) is 0 Å². The molecular formula is C13H13BrN2O2S. The van der Waals surface area contributed by atoms with E-state index in [1.54, 1.807) is 13.8 Å². The van der Waals surface area contributed by atoms with Gasteiger partial charge in [0, 0.05) is 10.2 Å². The number of hydrogen-bond acceptors (Lipinski definition) is 5. The molecule has 19 heavy (non-hydrogen) atoms. The first-order valence-corrected chi connectivity index (χ1v) is 7.34. The van der Waals surface area contributed by atoms with Crippen LogP contribution < -0.4 is 5.32 Å². The van der Waals surface area contributed by atoms with Crippen LogP contribution in [-0.4, -0.2) is 16.9 Å². The van der Waals surface area contributed by atoms with Crippen LogP contribution in [-0.2, 0) is 4.74 Å². The number of benzene rings is 1. The van der Waals surface area contributed by atoms with E-state index in [0.29, 0.717) is 22.9 Å². The van der Waals surface area contributed by atoms with Gasteiger partial charge < -0.3 is 10.1 Å². The molecule has 0 radical (unpaired) electrons. The Morgan fingerprint density at radius 3 is 3.00 bits per heavy atom. The summed E-state index contributed by atoms with van der Waals surface area (Å²) in [5.41, 5.74) is 2.08. The zero-order chi connectivity index (χ0) is 13.8. The molecule has 0 amide bonds. The summed E-state index contributed by atoms with van der Waals surface area (Å²) in [7, 11) is 0. The number of carbonyl (C=O) groups excluding carboxylic acids is 1. The predicted molar refractivity (Wildman–Crippen MR) is 80.2 cm³/mol. The third-order valence-electron chi connectivity index (χ3n) is 2.42. The van der Waals surface area contributed by atoms with Crippen molar-refractivity contribution in [1.29, 1.82) is 0 Å². The first-order chi connectivity index (χ1) is 9.11. The van der Waals surface area contributed by atoms with Gasteiger partial charge in [0.1, 0.15) is 10.6 Å². The van der Waals surface area contributed by atoms with Crippen molar-refractivity contribution in [1.82, 2.24) is 4.37 Å². The van der Waals surface area contributed by atoms with Gasteiger partial charge in [0.2, 0.25) is 0 Å². The SMILES string of the molecule is CCOC(=O)c1c(C)nsc1Nc1cccc(Br)c1. The highest BCUT2D eigenvalue weighted by Gasteiger charge is 2.19. The first kappa shape index (κ1) is 14.0. The number of halogens is 1. The molecule has 0 spiro atoms. The van der Waals surface area contributed by atoms with Crippen LogP contribution in [0, 0.1) is 6.92 Å². The summed E-state index contributed by atoms with van der Waals surface area (Å²) in [4.78, 5) is 11.9. The number of ether oxygens (including phenoxy) is 1. The molecule has 2 rings (SSSR count). The van der Waals surface area contributed by atoms with Crippen molar-refractivity contribution in [2.45, 2.75) is 13.8 Å². The Labute approximate surface area is 124 Å². The summed E-state index contributed by atoms with van der Waals surface area (Å²) in [6.45, 7) is 3.94. The van der Waals surface area contributed by atoms with Gasteiger partial charge >= 0.3 is 5.97 Å². The molecule has 1 aromatic heterocycles. The van der Waals surface area contributed by atoms with Crippen LogP contribution in [0.2, 0.25) is 0 Å². The van der Waals surface area contributed by atoms with Gasteiger partial charge in [0.05, 0.1) is 12.3 Å². The number of carbonyl (C=O) groups is 1. The molecular weight excluding hydrogens is 328 g/mol. The predicted octanol–water partition coefficient (Wildman–Crippen LogP) is 4.13. The minimum atomic E-state index is -0.341. The standard InChI is InChI=1S/C13H13BrN2O2S/c1-3-18-13(17)11-8(2)16-19-12(11)15-10-6-4-5-9(14)7-10/h4-7,15H,3H2,1-2H3. The number of aromatic nitrogens is 1. The summed E-state index contributed by atoms with van der Waals surface area (Å²) in [6, 6.07) is 7.72. The number of nitrogens with one attached hydrogen (secondary N) is 1. The Kier molecular flexibility index (Phi) is 4.55. The normalized spacial score (nSPS) is 10.3. The van der Waals surface area contributed by atoms with Crippen LogP contribution >= 0.6 is 27.5 Å². The Morgan fingerprint density at radius 1 is 1.53 bits per heavy atom. The molecule has 1 heterocycles. The maximum Gasteiger partial charge on any atom is 0.343 e. The summed E-state index contributed by atoms with van der Waals surface area (Å²) in [5.74, 6) is -0.341. The average molecular weight is 341 g/mol. The van der Waals surface area contributed by atoms with E-state index in [-0.39, 0.29) is 5.97 Å². The van der Waals surface area contributed by atoms with Crippen LogP contribution in [0.15, 0.2) is 28.7 Å². The van der Waals surface area contributed by atoms with Gasteiger partial charge in [-0.15, -0.1) is 0 Å². The fraction of sp³-hybridized carbons (Fsp3) is 0.231. The fourth-order valence-corrected chi connectivity index (χ4v) is 2.80. The molecule has 6 heteroatoms. The van der Waals surface area contributed by atoms with E-state index in [4.69, 9.17) is 4.74 Å². The van der Waals surface area contributed by atoms with Crippen LogP contribution in [0.5, 0.6) is 0 Å². The lowest BCUT2D eigenvalue weighted by Crippen LogP contribution is -2.07. The Hall–Kier alpha value is -1.40. The molecule has 0 atom stereocenters. The molecule has 0 saturated heterocycles. The van der Waals surface area contributed by atoms with Crippen LogP contribution in [0.3, 0.4) is 0 Å². The van der Waals surface area contributed by atoms with Crippen LogP contribution in [0.25, 0.3) is 0 Å². The molecule has 0 unspecified atom stereocenters. The molecule has 2 aromatic rings. The van der Waals surface area contributed by atoms with Gasteiger partial charge in [-0.3, -0.25) is 0 Å². The van der Waals surface area contributed by atoms with E-state index in [2.05, 4.69) is 25.6 Å². The van der Waals surface area contributed by atoms with Crippen molar-refractivity contribution in [3.63, 3.8) is 0 Å². The quantitative estimate of drug-likeness (QED) is 0.850. The van der Waals surface area contributed by atoms with E-state index in [1.807, 2.05) is 24.3 Å². The van der Waals surface area contributed by atoms with Crippen molar-refractivity contribution < 1.29 is 9.53 Å². The largest absolute Gasteiger partial charge is 0.462 e. The minimum absolute atomic E-state index is 0.341. The van der Waals surface area contributed by atoms with Crippen molar-refractivity contribution >= 4 is 44.1 Å². The third-order valence-corrected chi connectivity index (χ3v) is 3.77. The molecule has 4 nitrogen and oxygen atoms in total. The van der Waals surface area contributed by atoms with E-state index in [1.165, 1.54) is 11.5 Å². The Morgan fingerprint density at radius 2 is 2.32 bits per heavy atom. The van der Waals surface area contributed by atoms with Crippen molar-refractivity contribution in [3.8, 4) is 0 Å². The summed E-state index contributed by atoms with van der Waals surface area (Å²) < 4.78 is 10.2. The molecule has 0 fully saturated rings. The van der Waals surface area contributed by atoms with Gasteiger partial charge in [-0.25, -0.2) is 4.79 Å². The van der Waals surface area contributed by atoms with E-state index in [9.17, 15) is 4.79 Å². The van der Waals surface area contributed by atoms with E-state index in [0.717, 1.165) is 10.2 Å². The third kappa shape index (κ3) is 3.33. The molecule has 0 saturated carbocycles. The molecule has 100 valence electrons. The maximum atomic E-state index is 11.9. The number of esters is 1. The molecule has 0 aliphatic rings. The number of aryl methyl sites for hydroxylation is 1. The van der Waals surface area contributed by atoms with Crippen molar-refractivity contribution in [3.05, 3.63) is 40.0 Å². The zero-order valence-electron chi connectivity index (χ0n) is 10.6. The lowest BCUT2D eigenvalue weighted by Gasteiger charge is -2.07. The highest BCUT2D eigenvalue weighted by atomic mass is 79.9. The van der Waals surface area contributed by atoms with Crippen molar-refractivity contribution in [2.75, 3.05) is 11.9 Å². The first-order valence-electron chi connectivity index (χ1n) is 5.77. The minimum Gasteiger partial charge on any atom is -0.462 e. The molecule has 0 aliphatic heterocycles. The lowest BCUT2D eigenvalue weighted by molar-refractivity contribution is 0.0527. The maximum absolute atomic E-state index is 11.9. The zero-order valence-corrected chi connectivity index (χ0v) is 13.0. The second-order valence-electron chi connectivity index (χ2n) is 3.83. The number of hydrogen-bond donors (Lipinski definition) is 1. The fourth-order valence-electron chi connectivity index (χ4n) is 1.60. The summed E-state index contributed by atoms with van der Waals surface area (Å²) in [6.07, 6.45) is 0. The van der Waals surface area contributed by atoms with Crippen LogP contribution in [0.1, 0.15) is 23.0 Å². The second kappa shape index (κ2) is 6.16. The van der Waals surface area contributed by atoms with Gasteiger partial charge in [0.25, 0.3) is 0 Å². The molecule has 0 aliphatic carbocycles. The molecule has 1 aromatic carbocycles. The monoisotopic (exact) mass is 340 g/mol. The number of nitrogens with zero attached hydrogens (tertiary/aromatic N) is 1. The van der Waals surface area contributed by atoms with E-state index < -0.39 is 0 Å². The van der Waals surface area contributed by atoms with Gasteiger partial charge in [0.15, 0.2) is 0 Å². The summed E-state index contributed by atoms with van der Waals surface area (Å²) >= 11 is 4.66. The second-order valence-corrected chi connectivity index (χ2v) is 5.52. The number of anilines is 2. The van der Waals surface area contributed by atoms with E-state index >= 15 is 0 Å². The highest BCUT2D eigenvalue weighted by molar-refractivity contribution is 9.10. The summed E-state index contributed by atoms with van der Waals surface area (Å²) in [5, 5.41) is 3.90. The van der Waals surface area contributed by atoms with Crippen LogP contribution in [0.4, 0.5) is 10.7 Å². The molecule has 1 N–H and O–H groups in total. The Bertz CT molecular complexity index is 598. The topological polar surface area (TPSA) is 51.2 Å².